The van der Waals surface area contributed by atoms with E-state index in [-0.39, 0.29) is 0 Å². The topological polar surface area (TPSA) is 20.5 Å². The van der Waals surface area contributed by atoms with Gasteiger partial charge in [-0.25, -0.2) is 4.98 Å². The molecule has 0 bridgehead atoms. The van der Waals surface area contributed by atoms with Crippen LogP contribution in [0.3, 0.4) is 0 Å². The minimum Gasteiger partial charge on any atom is -0.307 e. The van der Waals surface area contributed by atoms with E-state index >= 15 is 0 Å². The zero-order valence-electron chi connectivity index (χ0n) is 10.4. The van der Waals surface area contributed by atoms with Crippen LogP contribution >= 0.6 is 11.6 Å². The Morgan fingerprint density at radius 1 is 1.33 bits per heavy atom. The third kappa shape index (κ3) is 2.38. The molecular weight excluding hydrogens is 246 g/mol. The molecule has 3 heterocycles. The van der Waals surface area contributed by atoms with Gasteiger partial charge in [0.1, 0.15) is 5.65 Å². The van der Waals surface area contributed by atoms with E-state index in [4.69, 9.17) is 11.6 Å². The molecule has 3 rings (SSSR count). The van der Waals surface area contributed by atoms with Gasteiger partial charge in [0.05, 0.1) is 5.69 Å². The molecule has 2 aromatic heterocycles. The van der Waals surface area contributed by atoms with Crippen molar-refractivity contribution < 1.29 is 0 Å². The van der Waals surface area contributed by atoms with Crippen LogP contribution in [0.5, 0.6) is 0 Å². The maximum Gasteiger partial charge on any atom is 0.137 e. The van der Waals surface area contributed by atoms with Crippen molar-refractivity contribution >= 4 is 17.2 Å². The first-order valence-corrected chi connectivity index (χ1v) is 7.13. The molecule has 1 unspecified atom stereocenters. The molecule has 1 aliphatic heterocycles. The lowest BCUT2D eigenvalue weighted by Crippen LogP contribution is -2.40. The van der Waals surface area contributed by atoms with Crippen LogP contribution in [0.15, 0.2) is 30.6 Å². The van der Waals surface area contributed by atoms with Gasteiger partial charge in [-0.1, -0.05) is 12.5 Å². The number of nitrogens with zero attached hydrogens (tertiary/aromatic N) is 3. The number of piperidine rings is 1. The summed E-state index contributed by atoms with van der Waals surface area (Å²) in [7, 11) is 0. The van der Waals surface area contributed by atoms with Gasteiger partial charge >= 0.3 is 0 Å². The molecule has 1 fully saturated rings. The summed E-state index contributed by atoms with van der Waals surface area (Å²) in [5.41, 5.74) is 2.16. The number of rotatable bonds is 3. The van der Waals surface area contributed by atoms with E-state index < -0.39 is 0 Å². The van der Waals surface area contributed by atoms with E-state index in [0.717, 1.165) is 30.3 Å². The summed E-state index contributed by atoms with van der Waals surface area (Å²) >= 11 is 6.05. The summed E-state index contributed by atoms with van der Waals surface area (Å²) in [5, 5.41) is 0. The highest BCUT2D eigenvalue weighted by Crippen LogP contribution is 2.20. The Kier molecular flexibility index (Phi) is 3.52. The quantitative estimate of drug-likeness (QED) is 0.794. The van der Waals surface area contributed by atoms with E-state index in [9.17, 15) is 0 Å². The van der Waals surface area contributed by atoms with Crippen molar-refractivity contribution in [2.75, 3.05) is 12.4 Å². The van der Waals surface area contributed by atoms with Crippen LogP contribution in [0.1, 0.15) is 25.0 Å². The first-order chi connectivity index (χ1) is 8.86. The Balaban J connectivity index is 1.78. The molecule has 0 aromatic carbocycles. The summed E-state index contributed by atoms with van der Waals surface area (Å²) in [6.07, 6.45) is 7.97. The Labute approximate surface area is 112 Å². The number of likely N-dealkylation sites (tertiary alicyclic amines) is 1. The van der Waals surface area contributed by atoms with Crippen molar-refractivity contribution in [3.63, 3.8) is 0 Å². The zero-order chi connectivity index (χ0) is 12.4. The number of aromatic nitrogens is 2. The molecule has 1 saturated heterocycles. The van der Waals surface area contributed by atoms with Crippen LogP contribution in [0.4, 0.5) is 0 Å². The van der Waals surface area contributed by atoms with Crippen molar-refractivity contribution in [3.8, 4) is 0 Å². The van der Waals surface area contributed by atoms with Gasteiger partial charge in [0.25, 0.3) is 0 Å². The number of halogens is 1. The number of hydrogen-bond acceptors (Lipinski definition) is 2. The lowest BCUT2D eigenvalue weighted by atomic mass is 10.0. The van der Waals surface area contributed by atoms with Gasteiger partial charge in [-0.3, -0.25) is 4.90 Å². The van der Waals surface area contributed by atoms with Crippen LogP contribution < -0.4 is 0 Å². The summed E-state index contributed by atoms with van der Waals surface area (Å²) in [6, 6.07) is 6.61. The maximum absolute atomic E-state index is 6.05. The normalized spacial score (nSPS) is 21.5. The molecule has 3 nitrogen and oxygen atoms in total. The number of pyridine rings is 1. The predicted octanol–water partition coefficient (Wildman–Crippen LogP) is 2.93. The predicted molar refractivity (Wildman–Crippen MR) is 74.0 cm³/mol. The molecule has 0 spiro atoms. The fraction of sp³-hybridized carbons (Fsp3) is 0.500. The smallest absolute Gasteiger partial charge is 0.137 e. The van der Waals surface area contributed by atoms with Gasteiger partial charge in [-0.2, -0.15) is 0 Å². The van der Waals surface area contributed by atoms with Crippen LogP contribution in [-0.2, 0) is 6.54 Å². The molecule has 96 valence electrons. The molecule has 0 saturated carbocycles. The SMILES string of the molecule is ClCC1CCCCN1Cc1cn2ccccc2n1. The Hall–Kier alpha value is -1.06. The molecule has 18 heavy (non-hydrogen) atoms. The van der Waals surface area contributed by atoms with Crippen molar-refractivity contribution in [1.29, 1.82) is 0 Å². The summed E-state index contributed by atoms with van der Waals surface area (Å²) in [6.45, 7) is 2.06. The van der Waals surface area contributed by atoms with Gasteiger partial charge in [0.2, 0.25) is 0 Å². The monoisotopic (exact) mass is 263 g/mol. The number of alkyl halides is 1. The summed E-state index contributed by atoms with van der Waals surface area (Å²) in [5.74, 6) is 0.730. The second-order valence-electron chi connectivity index (χ2n) is 4.97. The van der Waals surface area contributed by atoms with Crippen molar-refractivity contribution in [1.82, 2.24) is 14.3 Å². The molecule has 0 N–H and O–H groups in total. The van der Waals surface area contributed by atoms with E-state index in [1.54, 1.807) is 0 Å². The van der Waals surface area contributed by atoms with Crippen LogP contribution in [0, 0.1) is 0 Å². The van der Waals surface area contributed by atoms with Crippen molar-refractivity contribution in [3.05, 3.63) is 36.3 Å². The highest BCUT2D eigenvalue weighted by molar-refractivity contribution is 6.18. The third-order valence-corrected chi connectivity index (χ3v) is 4.06. The van der Waals surface area contributed by atoms with Crippen LogP contribution in [0.25, 0.3) is 5.65 Å². The van der Waals surface area contributed by atoms with Crippen LogP contribution in [0.2, 0.25) is 0 Å². The molecule has 0 aliphatic carbocycles. The molecule has 1 aliphatic rings. The highest BCUT2D eigenvalue weighted by atomic mass is 35.5. The van der Waals surface area contributed by atoms with Crippen molar-refractivity contribution in [2.45, 2.75) is 31.8 Å². The number of imidazole rings is 1. The van der Waals surface area contributed by atoms with E-state index in [1.165, 1.54) is 19.3 Å². The van der Waals surface area contributed by atoms with Gasteiger partial charge in [-0.15, -0.1) is 11.6 Å². The standard InChI is InChI=1S/C14H18ClN3/c15-9-13-5-1-3-7-17(13)10-12-11-18-8-4-2-6-14(18)16-12/h2,4,6,8,11,13H,1,3,5,7,9-10H2. The first-order valence-electron chi connectivity index (χ1n) is 6.59. The minimum atomic E-state index is 0.519. The van der Waals surface area contributed by atoms with Crippen molar-refractivity contribution in [2.24, 2.45) is 0 Å². The fourth-order valence-electron chi connectivity index (χ4n) is 2.71. The molecule has 2 aromatic rings. The Morgan fingerprint density at radius 3 is 3.11 bits per heavy atom. The summed E-state index contributed by atoms with van der Waals surface area (Å²) < 4.78 is 2.08. The van der Waals surface area contributed by atoms with E-state index in [1.807, 2.05) is 24.4 Å². The second-order valence-corrected chi connectivity index (χ2v) is 5.28. The first kappa shape index (κ1) is 12.0. The molecular formula is C14H18ClN3. The van der Waals surface area contributed by atoms with E-state index in [0.29, 0.717) is 6.04 Å². The van der Waals surface area contributed by atoms with Gasteiger partial charge in [-0.05, 0) is 31.5 Å². The zero-order valence-corrected chi connectivity index (χ0v) is 11.2. The lowest BCUT2D eigenvalue weighted by Gasteiger charge is -2.33. The fourth-order valence-corrected chi connectivity index (χ4v) is 3.06. The molecule has 0 radical (unpaired) electrons. The number of hydrogen-bond donors (Lipinski definition) is 0. The molecule has 0 amide bonds. The van der Waals surface area contributed by atoms with Crippen LogP contribution in [-0.4, -0.2) is 32.8 Å². The lowest BCUT2D eigenvalue weighted by molar-refractivity contribution is 0.153. The Bertz CT molecular complexity index is 489. The van der Waals surface area contributed by atoms with Gasteiger partial charge in [0.15, 0.2) is 0 Å². The maximum atomic E-state index is 6.05. The molecule has 4 heteroatoms. The second kappa shape index (κ2) is 5.29. The largest absolute Gasteiger partial charge is 0.307 e. The number of fused-ring (bicyclic) bond motifs is 1. The van der Waals surface area contributed by atoms with Gasteiger partial charge in [0, 0.05) is 30.9 Å². The Morgan fingerprint density at radius 2 is 2.28 bits per heavy atom. The average Bonchev–Trinajstić information content (AvgIpc) is 2.81. The van der Waals surface area contributed by atoms with E-state index in [2.05, 4.69) is 20.5 Å². The average molecular weight is 264 g/mol. The molecule has 1 atom stereocenters. The highest BCUT2D eigenvalue weighted by Gasteiger charge is 2.22. The minimum absolute atomic E-state index is 0.519. The van der Waals surface area contributed by atoms with Gasteiger partial charge < -0.3 is 4.40 Å². The summed E-state index contributed by atoms with van der Waals surface area (Å²) in [4.78, 5) is 7.12. The third-order valence-electron chi connectivity index (χ3n) is 3.71.